The van der Waals surface area contributed by atoms with Crippen LogP contribution in [0.5, 0.6) is 5.75 Å². The average Bonchev–Trinajstić information content (AvgIpc) is 2.86. The Bertz CT molecular complexity index is 695. The molecule has 1 heterocycles. The van der Waals surface area contributed by atoms with Crippen LogP contribution in [0, 0.1) is 0 Å². The molecule has 0 bridgehead atoms. The van der Waals surface area contributed by atoms with Crippen molar-refractivity contribution in [1.82, 2.24) is 10.2 Å². The van der Waals surface area contributed by atoms with E-state index in [-0.39, 0.29) is 16.9 Å². The van der Waals surface area contributed by atoms with Gasteiger partial charge in [0, 0.05) is 5.56 Å². The molecule has 0 aliphatic heterocycles. The monoisotopic (exact) mass is 357 g/mol. The number of ether oxygens (including phenoxy) is 1. The van der Waals surface area contributed by atoms with Crippen LogP contribution in [0.4, 0.5) is 31.5 Å². The molecular formula is C11H5F6N3O2S. The van der Waals surface area contributed by atoms with E-state index in [1.54, 1.807) is 0 Å². The normalized spacial score (nSPS) is 12.1. The third-order valence-electron chi connectivity index (χ3n) is 2.24. The molecule has 0 aliphatic rings. The van der Waals surface area contributed by atoms with Crippen molar-refractivity contribution in [1.29, 1.82) is 0 Å². The minimum atomic E-state index is -4.87. The maximum Gasteiger partial charge on any atom is 0.573 e. The Morgan fingerprint density at radius 1 is 1.04 bits per heavy atom. The lowest BCUT2D eigenvalue weighted by Crippen LogP contribution is -2.17. The molecule has 2 aromatic rings. The first-order chi connectivity index (χ1) is 10.5. The van der Waals surface area contributed by atoms with E-state index in [1.807, 2.05) is 0 Å². The van der Waals surface area contributed by atoms with Gasteiger partial charge in [0.1, 0.15) is 5.75 Å². The highest BCUT2D eigenvalue weighted by Crippen LogP contribution is 2.33. The average molecular weight is 357 g/mol. The van der Waals surface area contributed by atoms with Gasteiger partial charge in [-0.2, -0.15) is 13.2 Å². The van der Waals surface area contributed by atoms with Crippen molar-refractivity contribution >= 4 is 22.4 Å². The van der Waals surface area contributed by atoms with Crippen molar-refractivity contribution in [2.75, 3.05) is 5.32 Å². The molecule has 2 rings (SSSR count). The highest BCUT2D eigenvalue weighted by atomic mass is 32.1. The lowest BCUT2D eigenvalue weighted by Gasteiger charge is -2.08. The van der Waals surface area contributed by atoms with Crippen LogP contribution in [0.1, 0.15) is 15.4 Å². The SMILES string of the molecule is O=C(Nc1nnc(C(F)(F)F)s1)c1ccc(OC(F)(F)F)cc1. The predicted octanol–water partition coefficient (Wildman–Crippen LogP) is 3.71. The zero-order chi connectivity index (χ0) is 17.3. The molecule has 0 aliphatic carbocycles. The standard InChI is InChI=1S/C11H5F6N3O2S/c12-10(13,14)8-19-20-9(23-8)18-7(21)5-1-3-6(4-2-5)22-11(15,16)17/h1-4H,(H,18,20,21). The van der Waals surface area contributed by atoms with Crippen molar-refractivity contribution in [3.05, 3.63) is 34.8 Å². The number of halogens is 6. The Balaban J connectivity index is 2.05. The summed E-state index contributed by atoms with van der Waals surface area (Å²) in [5.74, 6) is -1.39. The van der Waals surface area contributed by atoms with Gasteiger partial charge in [-0.15, -0.1) is 23.4 Å². The number of carbonyl (C=O) groups excluding carboxylic acids is 1. The van der Waals surface area contributed by atoms with Gasteiger partial charge in [-0.1, -0.05) is 11.3 Å². The third kappa shape index (κ3) is 4.81. The number of rotatable bonds is 3. The minimum Gasteiger partial charge on any atom is -0.406 e. The zero-order valence-corrected chi connectivity index (χ0v) is 11.5. The molecule has 5 nitrogen and oxygen atoms in total. The second kappa shape index (κ2) is 6.02. The van der Waals surface area contributed by atoms with E-state index in [0.29, 0.717) is 0 Å². The van der Waals surface area contributed by atoms with E-state index in [9.17, 15) is 31.1 Å². The summed E-state index contributed by atoms with van der Waals surface area (Å²) in [6.45, 7) is 0. The summed E-state index contributed by atoms with van der Waals surface area (Å²) in [7, 11) is 0. The smallest absolute Gasteiger partial charge is 0.406 e. The number of benzene rings is 1. The maximum atomic E-state index is 12.3. The van der Waals surface area contributed by atoms with E-state index in [2.05, 4.69) is 20.3 Å². The molecule has 1 aromatic heterocycles. The van der Waals surface area contributed by atoms with E-state index in [0.717, 1.165) is 24.3 Å². The quantitative estimate of drug-likeness (QED) is 0.851. The van der Waals surface area contributed by atoms with Crippen LogP contribution in [-0.2, 0) is 6.18 Å². The second-order valence-corrected chi connectivity index (χ2v) is 4.91. The van der Waals surface area contributed by atoms with Crippen LogP contribution in [0.3, 0.4) is 0 Å². The number of anilines is 1. The van der Waals surface area contributed by atoms with Crippen LogP contribution in [-0.4, -0.2) is 22.5 Å². The molecule has 1 aromatic carbocycles. The lowest BCUT2D eigenvalue weighted by atomic mass is 10.2. The molecular weight excluding hydrogens is 352 g/mol. The fourth-order valence-electron chi connectivity index (χ4n) is 1.37. The molecule has 0 spiro atoms. The van der Waals surface area contributed by atoms with Crippen LogP contribution >= 0.6 is 11.3 Å². The number of aromatic nitrogens is 2. The van der Waals surface area contributed by atoms with Gasteiger partial charge in [-0.3, -0.25) is 10.1 Å². The molecule has 1 N–H and O–H groups in total. The molecule has 12 heteroatoms. The fraction of sp³-hybridized carbons (Fsp3) is 0.182. The van der Waals surface area contributed by atoms with Gasteiger partial charge in [0.2, 0.25) is 10.1 Å². The fourth-order valence-corrected chi connectivity index (χ4v) is 1.97. The molecule has 0 unspecified atom stereocenters. The summed E-state index contributed by atoms with van der Waals surface area (Å²) in [6.07, 6.45) is -9.55. The first-order valence-electron chi connectivity index (χ1n) is 5.62. The van der Waals surface area contributed by atoms with Crippen molar-refractivity contribution in [2.45, 2.75) is 12.5 Å². The summed E-state index contributed by atoms with van der Waals surface area (Å²) < 4.78 is 76.5. The lowest BCUT2D eigenvalue weighted by molar-refractivity contribution is -0.274. The molecule has 0 saturated carbocycles. The number of carbonyl (C=O) groups is 1. The number of hydrogen-bond donors (Lipinski definition) is 1. The Morgan fingerprint density at radius 3 is 2.13 bits per heavy atom. The third-order valence-corrected chi connectivity index (χ3v) is 3.12. The maximum absolute atomic E-state index is 12.3. The van der Waals surface area contributed by atoms with E-state index >= 15 is 0 Å². The number of amides is 1. The summed E-state index contributed by atoms with van der Waals surface area (Å²) in [5.41, 5.74) is -0.0942. The van der Waals surface area contributed by atoms with Gasteiger partial charge in [-0.05, 0) is 24.3 Å². The highest BCUT2D eigenvalue weighted by molar-refractivity contribution is 7.15. The molecule has 1 amide bonds. The largest absolute Gasteiger partial charge is 0.573 e. The van der Waals surface area contributed by atoms with Crippen molar-refractivity contribution in [3.63, 3.8) is 0 Å². The van der Waals surface area contributed by atoms with Crippen LogP contribution in [0.15, 0.2) is 24.3 Å². The minimum absolute atomic E-state index is 0.0942. The van der Waals surface area contributed by atoms with Crippen molar-refractivity contribution < 1.29 is 35.9 Å². The van der Waals surface area contributed by atoms with E-state index in [4.69, 9.17) is 0 Å². The summed E-state index contributed by atoms with van der Waals surface area (Å²) in [5, 5.41) is 6.47. The predicted molar refractivity (Wildman–Crippen MR) is 66.0 cm³/mol. The molecule has 124 valence electrons. The molecule has 0 atom stereocenters. The van der Waals surface area contributed by atoms with Crippen LogP contribution in [0.25, 0.3) is 0 Å². The summed E-state index contributed by atoms with van der Waals surface area (Å²) in [4.78, 5) is 11.8. The molecule has 0 radical (unpaired) electrons. The highest BCUT2D eigenvalue weighted by Gasteiger charge is 2.36. The van der Waals surface area contributed by atoms with E-state index in [1.165, 1.54) is 0 Å². The number of hydrogen-bond acceptors (Lipinski definition) is 5. The van der Waals surface area contributed by atoms with Gasteiger partial charge < -0.3 is 4.74 Å². The summed E-state index contributed by atoms with van der Waals surface area (Å²) >= 11 is 0.121. The Hall–Kier alpha value is -2.37. The van der Waals surface area contributed by atoms with Gasteiger partial charge in [-0.25, -0.2) is 0 Å². The van der Waals surface area contributed by atoms with Crippen molar-refractivity contribution in [2.24, 2.45) is 0 Å². The Labute approximate surface area is 127 Å². The Kier molecular flexibility index (Phi) is 4.45. The number of alkyl halides is 6. The van der Waals surface area contributed by atoms with E-state index < -0.39 is 34.3 Å². The molecule has 0 saturated heterocycles. The summed E-state index contributed by atoms with van der Waals surface area (Å²) in [6, 6.07) is 3.82. The first-order valence-corrected chi connectivity index (χ1v) is 6.44. The van der Waals surface area contributed by atoms with Crippen LogP contribution in [0.2, 0.25) is 0 Å². The van der Waals surface area contributed by atoms with Crippen LogP contribution < -0.4 is 10.1 Å². The molecule has 0 fully saturated rings. The van der Waals surface area contributed by atoms with Crippen molar-refractivity contribution in [3.8, 4) is 5.75 Å². The number of nitrogens with zero attached hydrogens (tertiary/aromatic N) is 2. The van der Waals surface area contributed by atoms with Gasteiger partial charge >= 0.3 is 12.5 Å². The topological polar surface area (TPSA) is 64.1 Å². The first kappa shape index (κ1) is 17.0. The Morgan fingerprint density at radius 2 is 1.65 bits per heavy atom. The molecule has 23 heavy (non-hydrogen) atoms. The number of nitrogens with one attached hydrogen (secondary N) is 1. The zero-order valence-electron chi connectivity index (χ0n) is 10.7. The second-order valence-electron chi connectivity index (χ2n) is 3.94. The van der Waals surface area contributed by atoms with Gasteiger partial charge in [0.25, 0.3) is 5.91 Å². The van der Waals surface area contributed by atoms with Gasteiger partial charge in [0.15, 0.2) is 0 Å². The van der Waals surface area contributed by atoms with Gasteiger partial charge in [0.05, 0.1) is 0 Å².